The Balaban J connectivity index is 3.13. The zero-order valence-corrected chi connectivity index (χ0v) is 9.56. The van der Waals surface area contributed by atoms with E-state index in [4.69, 9.17) is 9.29 Å². The molecular weight excluding hydrogens is 224 g/mol. The highest BCUT2D eigenvalue weighted by molar-refractivity contribution is 7.86. The van der Waals surface area contributed by atoms with Gasteiger partial charge in [-0.15, -0.1) is 11.3 Å². The third kappa shape index (κ3) is 2.26. The van der Waals surface area contributed by atoms with Crippen LogP contribution in [0.15, 0.2) is 10.8 Å². The van der Waals surface area contributed by atoms with Gasteiger partial charge in [0, 0.05) is 10.9 Å². The summed E-state index contributed by atoms with van der Waals surface area (Å²) in [6.07, 6.45) is 0.325. The first-order chi connectivity index (χ1) is 6.50. The number of thiophene rings is 1. The lowest BCUT2D eigenvalue weighted by Gasteiger charge is -2.11. The van der Waals surface area contributed by atoms with Gasteiger partial charge in [0.2, 0.25) is 0 Å². The topological polar surface area (TPSA) is 63.6 Å². The fourth-order valence-corrected chi connectivity index (χ4v) is 3.15. The molecule has 0 saturated heterocycles. The fraction of sp³-hybridized carbons (Fsp3) is 0.500. The molecule has 1 aromatic rings. The molecule has 0 aliphatic rings. The summed E-state index contributed by atoms with van der Waals surface area (Å²) in [5, 5.41) is 2.51. The number of hydrogen-bond donors (Lipinski definition) is 1. The molecule has 1 N–H and O–H groups in total. The van der Waals surface area contributed by atoms with Gasteiger partial charge in [0.25, 0.3) is 10.1 Å². The standard InChI is InChI=1S/C8H12O4S2/c1-3-8(14(9,10)11)6-4-13-5-7(6)12-2/h4-5,8H,3H2,1-2H3,(H,9,10,11). The Kier molecular flexibility index (Phi) is 3.52. The minimum absolute atomic E-state index is 0.325. The smallest absolute Gasteiger partial charge is 0.272 e. The van der Waals surface area contributed by atoms with Gasteiger partial charge in [-0.1, -0.05) is 6.92 Å². The lowest BCUT2D eigenvalue weighted by atomic mass is 10.2. The molecule has 6 heteroatoms. The molecule has 0 radical (unpaired) electrons. The maximum absolute atomic E-state index is 11.0. The predicted molar refractivity (Wildman–Crippen MR) is 55.5 cm³/mol. The molecule has 0 spiro atoms. The lowest BCUT2D eigenvalue weighted by Crippen LogP contribution is -2.11. The van der Waals surface area contributed by atoms with E-state index in [0.29, 0.717) is 17.7 Å². The van der Waals surface area contributed by atoms with E-state index >= 15 is 0 Å². The zero-order valence-electron chi connectivity index (χ0n) is 7.93. The van der Waals surface area contributed by atoms with Crippen molar-refractivity contribution >= 4 is 21.5 Å². The van der Waals surface area contributed by atoms with Gasteiger partial charge >= 0.3 is 0 Å². The largest absolute Gasteiger partial charge is 0.496 e. The maximum atomic E-state index is 11.0. The van der Waals surface area contributed by atoms with Crippen LogP contribution < -0.4 is 4.74 Å². The Hall–Kier alpha value is -0.590. The van der Waals surface area contributed by atoms with Crippen molar-refractivity contribution < 1.29 is 17.7 Å². The van der Waals surface area contributed by atoms with E-state index in [-0.39, 0.29) is 0 Å². The van der Waals surface area contributed by atoms with Crippen molar-refractivity contribution in [1.82, 2.24) is 0 Å². The van der Waals surface area contributed by atoms with E-state index < -0.39 is 15.4 Å². The van der Waals surface area contributed by atoms with Gasteiger partial charge < -0.3 is 4.74 Å². The Morgan fingerprint density at radius 1 is 1.57 bits per heavy atom. The van der Waals surface area contributed by atoms with Crippen molar-refractivity contribution in [3.63, 3.8) is 0 Å². The van der Waals surface area contributed by atoms with Crippen molar-refractivity contribution in [2.24, 2.45) is 0 Å². The summed E-state index contributed by atoms with van der Waals surface area (Å²) in [7, 11) is -2.57. The fourth-order valence-electron chi connectivity index (χ4n) is 1.29. The minimum atomic E-state index is -4.04. The third-order valence-electron chi connectivity index (χ3n) is 1.95. The van der Waals surface area contributed by atoms with Crippen LogP contribution in [0.2, 0.25) is 0 Å². The maximum Gasteiger partial charge on any atom is 0.272 e. The number of hydrogen-bond acceptors (Lipinski definition) is 4. The zero-order chi connectivity index (χ0) is 10.8. The first kappa shape index (κ1) is 11.5. The van der Waals surface area contributed by atoms with Crippen LogP contribution in [0.5, 0.6) is 5.75 Å². The second kappa shape index (κ2) is 4.29. The van der Waals surface area contributed by atoms with Crippen molar-refractivity contribution in [2.45, 2.75) is 18.6 Å². The first-order valence-electron chi connectivity index (χ1n) is 4.07. The highest BCUT2D eigenvalue weighted by Crippen LogP contribution is 2.35. The highest BCUT2D eigenvalue weighted by atomic mass is 32.2. The molecule has 0 aliphatic carbocycles. The summed E-state index contributed by atoms with van der Waals surface area (Å²) in [4.78, 5) is 0. The van der Waals surface area contributed by atoms with Crippen LogP contribution in [0.1, 0.15) is 24.2 Å². The predicted octanol–water partition coefficient (Wildman–Crippen LogP) is 2.10. The SMILES string of the molecule is CCC(c1cscc1OC)S(=O)(=O)O. The van der Waals surface area contributed by atoms with Crippen LogP contribution in [0.25, 0.3) is 0 Å². The van der Waals surface area contributed by atoms with Crippen LogP contribution in [0, 0.1) is 0 Å². The molecule has 1 rings (SSSR count). The summed E-state index contributed by atoms with van der Waals surface area (Å²) in [6, 6.07) is 0. The van der Waals surface area contributed by atoms with Gasteiger partial charge in [0.05, 0.1) is 7.11 Å². The molecule has 14 heavy (non-hydrogen) atoms. The van der Waals surface area contributed by atoms with Crippen molar-refractivity contribution in [3.05, 3.63) is 16.3 Å². The summed E-state index contributed by atoms with van der Waals surface area (Å²) in [6.45, 7) is 1.70. The molecule has 1 atom stereocenters. The van der Waals surface area contributed by atoms with Crippen molar-refractivity contribution in [1.29, 1.82) is 0 Å². The third-order valence-corrected chi connectivity index (χ3v) is 4.00. The van der Waals surface area contributed by atoms with Gasteiger partial charge in [-0.3, -0.25) is 4.55 Å². The quantitative estimate of drug-likeness (QED) is 0.813. The highest BCUT2D eigenvalue weighted by Gasteiger charge is 2.26. The van der Waals surface area contributed by atoms with Crippen LogP contribution in [-0.4, -0.2) is 20.1 Å². The molecule has 0 aromatic carbocycles. The molecule has 4 nitrogen and oxygen atoms in total. The first-order valence-corrected chi connectivity index (χ1v) is 6.51. The Labute approximate surface area is 87.3 Å². The Bertz CT molecular complexity index is 393. The molecule has 0 saturated carbocycles. The average molecular weight is 236 g/mol. The van der Waals surface area contributed by atoms with E-state index in [0.717, 1.165) is 0 Å². The van der Waals surface area contributed by atoms with Gasteiger partial charge in [-0.25, -0.2) is 0 Å². The number of methoxy groups -OCH3 is 1. The van der Waals surface area contributed by atoms with Crippen LogP contribution in [0.4, 0.5) is 0 Å². The summed E-state index contributed by atoms with van der Waals surface area (Å²) in [5.74, 6) is 0.513. The molecule has 0 bridgehead atoms. The van der Waals surface area contributed by atoms with Crippen LogP contribution >= 0.6 is 11.3 Å². The van der Waals surface area contributed by atoms with Crippen molar-refractivity contribution in [3.8, 4) is 5.75 Å². The molecule has 1 aromatic heterocycles. The van der Waals surface area contributed by atoms with Crippen molar-refractivity contribution in [2.75, 3.05) is 7.11 Å². The van der Waals surface area contributed by atoms with E-state index in [1.807, 2.05) is 0 Å². The second-order valence-electron chi connectivity index (χ2n) is 2.81. The normalized spacial score (nSPS) is 13.9. The summed E-state index contributed by atoms with van der Waals surface area (Å²) in [5.41, 5.74) is 0.530. The lowest BCUT2D eigenvalue weighted by molar-refractivity contribution is 0.407. The molecule has 0 aliphatic heterocycles. The van der Waals surface area contributed by atoms with E-state index in [1.165, 1.54) is 18.4 Å². The molecule has 1 unspecified atom stereocenters. The van der Waals surface area contributed by atoms with Crippen LogP contribution in [-0.2, 0) is 10.1 Å². The molecule has 0 amide bonds. The van der Waals surface area contributed by atoms with E-state index in [2.05, 4.69) is 0 Å². The molecule has 1 heterocycles. The molecular formula is C8H12O4S2. The van der Waals surface area contributed by atoms with Gasteiger partial charge in [0.15, 0.2) is 0 Å². The second-order valence-corrected chi connectivity index (χ2v) is 5.15. The Morgan fingerprint density at radius 2 is 2.21 bits per heavy atom. The van der Waals surface area contributed by atoms with E-state index in [9.17, 15) is 8.42 Å². The molecule has 0 fully saturated rings. The van der Waals surface area contributed by atoms with Gasteiger partial charge in [-0.05, 0) is 11.8 Å². The van der Waals surface area contributed by atoms with Crippen LogP contribution in [0.3, 0.4) is 0 Å². The monoisotopic (exact) mass is 236 g/mol. The van der Waals surface area contributed by atoms with E-state index in [1.54, 1.807) is 17.7 Å². The van der Waals surface area contributed by atoms with Gasteiger partial charge in [-0.2, -0.15) is 8.42 Å². The Morgan fingerprint density at radius 3 is 2.64 bits per heavy atom. The van der Waals surface area contributed by atoms with Gasteiger partial charge in [0.1, 0.15) is 11.0 Å². The number of rotatable bonds is 4. The summed E-state index contributed by atoms with van der Waals surface area (Å²) >= 11 is 1.35. The minimum Gasteiger partial charge on any atom is -0.496 e. The molecule has 80 valence electrons. The average Bonchev–Trinajstić information content (AvgIpc) is 2.51. The summed E-state index contributed by atoms with van der Waals surface area (Å²) < 4.78 is 36.1. The number of ether oxygens (including phenoxy) is 1.